The highest BCUT2D eigenvalue weighted by molar-refractivity contribution is 7.91. The zero-order valence-electron chi connectivity index (χ0n) is 13.2. The first-order chi connectivity index (χ1) is 10.4. The lowest BCUT2D eigenvalue weighted by Crippen LogP contribution is -2.22. The van der Waals surface area contributed by atoms with Gasteiger partial charge in [0, 0.05) is 28.9 Å². The van der Waals surface area contributed by atoms with Crippen LogP contribution in [0.4, 0.5) is 0 Å². The zero-order valence-corrected chi connectivity index (χ0v) is 14.9. The molecule has 4 nitrogen and oxygen atoms in total. The molecule has 3 rings (SSSR count). The van der Waals surface area contributed by atoms with Gasteiger partial charge in [0.1, 0.15) is 4.21 Å². The van der Waals surface area contributed by atoms with E-state index in [0.717, 1.165) is 16.9 Å². The SMILES string of the molecule is CCc1ccc(S(=O)(=O)NCc2cc(C)n(C3CC3)c2C)s1. The summed E-state index contributed by atoms with van der Waals surface area (Å²) in [6, 6.07) is 6.30. The maximum atomic E-state index is 12.4. The predicted molar refractivity (Wildman–Crippen MR) is 89.9 cm³/mol. The van der Waals surface area contributed by atoms with Crippen LogP contribution in [0.3, 0.4) is 0 Å². The van der Waals surface area contributed by atoms with Gasteiger partial charge >= 0.3 is 0 Å². The number of hydrogen-bond donors (Lipinski definition) is 1. The van der Waals surface area contributed by atoms with Gasteiger partial charge in [-0.25, -0.2) is 13.1 Å². The van der Waals surface area contributed by atoms with Gasteiger partial charge in [-0.05, 0) is 56.9 Å². The third kappa shape index (κ3) is 3.00. The molecule has 0 unspecified atom stereocenters. The van der Waals surface area contributed by atoms with Gasteiger partial charge in [0.2, 0.25) is 10.0 Å². The summed E-state index contributed by atoms with van der Waals surface area (Å²) in [6.07, 6.45) is 3.33. The van der Waals surface area contributed by atoms with E-state index in [2.05, 4.69) is 29.2 Å². The normalized spacial score (nSPS) is 15.4. The van der Waals surface area contributed by atoms with Gasteiger partial charge in [-0.3, -0.25) is 0 Å². The second-order valence-electron chi connectivity index (χ2n) is 5.90. The second kappa shape index (κ2) is 5.83. The number of rotatable bonds is 6. The highest BCUT2D eigenvalue weighted by Gasteiger charge is 2.27. The first kappa shape index (κ1) is 15.8. The molecule has 120 valence electrons. The van der Waals surface area contributed by atoms with Gasteiger partial charge < -0.3 is 4.57 Å². The van der Waals surface area contributed by atoms with E-state index in [-0.39, 0.29) is 0 Å². The van der Waals surface area contributed by atoms with Crippen molar-refractivity contribution in [1.82, 2.24) is 9.29 Å². The fourth-order valence-electron chi connectivity index (χ4n) is 2.86. The molecule has 1 N–H and O–H groups in total. The van der Waals surface area contributed by atoms with Crippen molar-refractivity contribution in [3.05, 3.63) is 40.0 Å². The van der Waals surface area contributed by atoms with Crippen molar-refractivity contribution in [3.63, 3.8) is 0 Å². The number of nitrogens with zero attached hydrogens (tertiary/aromatic N) is 1. The van der Waals surface area contributed by atoms with E-state index >= 15 is 0 Å². The largest absolute Gasteiger partial charge is 0.346 e. The molecule has 1 aliphatic carbocycles. The first-order valence-corrected chi connectivity index (χ1v) is 9.98. The number of sulfonamides is 1. The molecule has 0 amide bonds. The summed E-state index contributed by atoms with van der Waals surface area (Å²) < 4.78 is 30.2. The summed E-state index contributed by atoms with van der Waals surface area (Å²) in [5.74, 6) is 0. The molecular weight excluding hydrogens is 316 g/mol. The Balaban J connectivity index is 1.75. The Morgan fingerprint density at radius 1 is 1.32 bits per heavy atom. The fourth-order valence-corrected chi connectivity index (χ4v) is 5.20. The van der Waals surface area contributed by atoms with Crippen molar-refractivity contribution in [2.75, 3.05) is 0 Å². The molecule has 0 aliphatic heterocycles. The van der Waals surface area contributed by atoms with Gasteiger partial charge in [0.05, 0.1) is 0 Å². The molecule has 0 aromatic carbocycles. The molecule has 1 aliphatic rings. The lowest BCUT2D eigenvalue weighted by molar-refractivity contribution is 0.583. The lowest BCUT2D eigenvalue weighted by atomic mass is 10.2. The van der Waals surface area contributed by atoms with Crippen molar-refractivity contribution in [1.29, 1.82) is 0 Å². The summed E-state index contributed by atoms with van der Waals surface area (Å²) >= 11 is 1.35. The average Bonchev–Trinajstić information content (AvgIpc) is 3.09. The summed E-state index contributed by atoms with van der Waals surface area (Å²) in [4.78, 5) is 1.09. The summed E-state index contributed by atoms with van der Waals surface area (Å²) in [5.41, 5.74) is 3.47. The molecule has 0 bridgehead atoms. The van der Waals surface area contributed by atoms with Crippen molar-refractivity contribution >= 4 is 21.4 Å². The van der Waals surface area contributed by atoms with E-state index in [4.69, 9.17) is 0 Å². The second-order valence-corrected chi connectivity index (χ2v) is 9.06. The molecule has 0 radical (unpaired) electrons. The molecule has 2 heterocycles. The van der Waals surface area contributed by atoms with Gasteiger partial charge in [-0.2, -0.15) is 0 Å². The summed E-state index contributed by atoms with van der Waals surface area (Å²) in [5, 5.41) is 0. The number of aromatic nitrogens is 1. The van der Waals surface area contributed by atoms with Crippen LogP contribution in [0.15, 0.2) is 22.4 Å². The minimum absolute atomic E-state index is 0.355. The Bertz CT molecular complexity index is 783. The Morgan fingerprint density at radius 2 is 2.05 bits per heavy atom. The predicted octanol–water partition coefficient (Wildman–Crippen LogP) is 3.54. The van der Waals surface area contributed by atoms with Gasteiger partial charge in [-0.1, -0.05) is 6.92 Å². The monoisotopic (exact) mass is 338 g/mol. The van der Waals surface area contributed by atoms with E-state index in [1.165, 1.54) is 35.6 Å². The molecule has 0 saturated heterocycles. The number of aryl methyl sites for hydroxylation is 2. The summed E-state index contributed by atoms with van der Waals surface area (Å²) in [6.45, 7) is 6.56. The van der Waals surface area contributed by atoms with E-state index in [1.807, 2.05) is 13.0 Å². The number of nitrogens with one attached hydrogen (secondary N) is 1. The molecule has 1 saturated carbocycles. The Hall–Kier alpha value is -1.11. The highest BCUT2D eigenvalue weighted by Crippen LogP contribution is 2.38. The van der Waals surface area contributed by atoms with Crippen molar-refractivity contribution < 1.29 is 8.42 Å². The molecule has 0 atom stereocenters. The van der Waals surface area contributed by atoms with Crippen LogP contribution in [0.5, 0.6) is 0 Å². The smallest absolute Gasteiger partial charge is 0.250 e. The third-order valence-corrected chi connectivity index (χ3v) is 7.33. The number of thiophene rings is 1. The standard InChI is InChI=1S/C16H22N2O2S2/c1-4-15-7-8-16(21-15)22(19,20)17-10-13-9-11(2)18(12(13)3)14-5-6-14/h7-9,14,17H,4-6,10H2,1-3H3. The average molecular weight is 338 g/mol. The van der Waals surface area contributed by atoms with Crippen LogP contribution < -0.4 is 4.72 Å². The quantitative estimate of drug-likeness (QED) is 0.876. The van der Waals surface area contributed by atoms with Gasteiger partial charge in [0.25, 0.3) is 0 Å². The van der Waals surface area contributed by atoms with Crippen molar-refractivity contribution in [2.45, 2.75) is 56.8 Å². The fraction of sp³-hybridized carbons (Fsp3) is 0.500. The maximum absolute atomic E-state index is 12.4. The van der Waals surface area contributed by atoms with Crippen LogP contribution in [-0.4, -0.2) is 13.0 Å². The Kier molecular flexibility index (Phi) is 4.18. The van der Waals surface area contributed by atoms with Crippen LogP contribution in [-0.2, 0) is 23.0 Å². The molecule has 6 heteroatoms. The molecule has 22 heavy (non-hydrogen) atoms. The third-order valence-electron chi connectivity index (χ3n) is 4.20. The minimum atomic E-state index is -3.41. The molecule has 1 fully saturated rings. The van der Waals surface area contributed by atoms with E-state index in [1.54, 1.807) is 6.07 Å². The van der Waals surface area contributed by atoms with Crippen LogP contribution >= 0.6 is 11.3 Å². The highest BCUT2D eigenvalue weighted by atomic mass is 32.2. The maximum Gasteiger partial charge on any atom is 0.250 e. The van der Waals surface area contributed by atoms with Crippen LogP contribution in [0.2, 0.25) is 0 Å². The molecule has 2 aromatic rings. The van der Waals surface area contributed by atoms with Crippen LogP contribution in [0.1, 0.15) is 47.6 Å². The van der Waals surface area contributed by atoms with Crippen molar-refractivity contribution in [3.8, 4) is 0 Å². The van der Waals surface area contributed by atoms with Gasteiger partial charge in [0.15, 0.2) is 0 Å². The molecule has 2 aromatic heterocycles. The Morgan fingerprint density at radius 3 is 2.64 bits per heavy atom. The van der Waals surface area contributed by atoms with Crippen LogP contribution in [0, 0.1) is 13.8 Å². The summed E-state index contributed by atoms with van der Waals surface area (Å²) in [7, 11) is -3.41. The topological polar surface area (TPSA) is 51.1 Å². The zero-order chi connectivity index (χ0) is 15.9. The molecular formula is C16H22N2O2S2. The first-order valence-electron chi connectivity index (χ1n) is 7.68. The molecule has 0 spiro atoms. The van der Waals surface area contributed by atoms with E-state index in [9.17, 15) is 8.42 Å². The Labute approximate surface area is 136 Å². The van der Waals surface area contributed by atoms with Crippen LogP contribution in [0.25, 0.3) is 0 Å². The minimum Gasteiger partial charge on any atom is -0.346 e. The number of hydrogen-bond acceptors (Lipinski definition) is 3. The van der Waals surface area contributed by atoms with E-state index < -0.39 is 10.0 Å². The van der Waals surface area contributed by atoms with Gasteiger partial charge in [-0.15, -0.1) is 11.3 Å². The van der Waals surface area contributed by atoms with E-state index in [0.29, 0.717) is 16.8 Å². The van der Waals surface area contributed by atoms with Crippen molar-refractivity contribution in [2.24, 2.45) is 0 Å². The lowest BCUT2D eigenvalue weighted by Gasteiger charge is -2.08.